The van der Waals surface area contributed by atoms with Gasteiger partial charge >= 0.3 is 0 Å². The highest BCUT2D eigenvalue weighted by molar-refractivity contribution is 7.86. The van der Waals surface area contributed by atoms with Crippen molar-refractivity contribution in [1.29, 1.82) is 0 Å². The highest BCUT2D eigenvalue weighted by Crippen LogP contribution is 2.23. The van der Waals surface area contributed by atoms with Crippen molar-refractivity contribution in [2.75, 3.05) is 52.4 Å². The van der Waals surface area contributed by atoms with E-state index in [1.54, 1.807) is 8.61 Å². The highest BCUT2D eigenvalue weighted by atomic mass is 32.2. The number of hydrogen-bond acceptors (Lipinski definition) is 4. The predicted octanol–water partition coefficient (Wildman–Crippen LogP) is -0.693. The Hall–Kier alpha value is -0.210. The normalized spacial score (nSPS) is 32.1. The van der Waals surface area contributed by atoms with Crippen LogP contribution in [0, 0.1) is 0 Å². The molecule has 3 rings (SSSR count). The van der Waals surface area contributed by atoms with Crippen molar-refractivity contribution in [2.24, 2.45) is 0 Å². The molecule has 0 amide bonds. The van der Waals surface area contributed by atoms with Gasteiger partial charge in [-0.25, -0.2) is 0 Å². The molecular formula is C12H24N4O2S. The maximum Gasteiger partial charge on any atom is 0.282 e. The van der Waals surface area contributed by atoms with E-state index in [4.69, 9.17) is 0 Å². The lowest BCUT2D eigenvalue weighted by Crippen LogP contribution is -2.53. The van der Waals surface area contributed by atoms with Crippen LogP contribution in [0.3, 0.4) is 0 Å². The van der Waals surface area contributed by atoms with E-state index in [0.717, 1.165) is 39.0 Å². The second kappa shape index (κ2) is 5.65. The van der Waals surface area contributed by atoms with Crippen LogP contribution in [0.2, 0.25) is 0 Å². The molecule has 3 saturated heterocycles. The van der Waals surface area contributed by atoms with Gasteiger partial charge in [-0.15, -0.1) is 0 Å². The lowest BCUT2D eigenvalue weighted by atomic mass is 10.2. The number of nitrogens with one attached hydrogen (secondary N) is 1. The Kier molecular flexibility index (Phi) is 4.09. The van der Waals surface area contributed by atoms with Gasteiger partial charge in [0.15, 0.2) is 0 Å². The van der Waals surface area contributed by atoms with Crippen molar-refractivity contribution in [1.82, 2.24) is 18.8 Å². The van der Waals surface area contributed by atoms with Gasteiger partial charge in [-0.2, -0.15) is 17.0 Å². The second-order valence-corrected chi connectivity index (χ2v) is 7.63. The molecule has 0 saturated carbocycles. The monoisotopic (exact) mass is 288 g/mol. The molecule has 0 spiro atoms. The fraction of sp³-hybridized carbons (Fsp3) is 1.00. The van der Waals surface area contributed by atoms with Crippen molar-refractivity contribution in [3.05, 3.63) is 0 Å². The standard InChI is InChI=1S/C12H24N4O2S/c17-19(18,15-9-4-13-5-10-15)16-8-2-7-14-6-1-3-12(14)11-16/h12-13H,1-11H2. The summed E-state index contributed by atoms with van der Waals surface area (Å²) in [6, 6.07) is 0.445. The van der Waals surface area contributed by atoms with E-state index in [-0.39, 0.29) is 0 Å². The minimum absolute atomic E-state index is 0.445. The Morgan fingerprint density at radius 3 is 2.42 bits per heavy atom. The van der Waals surface area contributed by atoms with E-state index < -0.39 is 10.2 Å². The Bertz CT molecular complexity index is 408. The molecule has 0 aromatic rings. The van der Waals surface area contributed by atoms with Gasteiger partial charge in [0.2, 0.25) is 0 Å². The van der Waals surface area contributed by atoms with Gasteiger partial charge in [0.1, 0.15) is 0 Å². The van der Waals surface area contributed by atoms with Crippen molar-refractivity contribution < 1.29 is 8.42 Å². The average Bonchev–Trinajstić information content (AvgIpc) is 2.76. The second-order valence-electron chi connectivity index (χ2n) is 5.70. The molecule has 0 bridgehead atoms. The minimum Gasteiger partial charge on any atom is -0.314 e. The molecule has 3 aliphatic heterocycles. The largest absolute Gasteiger partial charge is 0.314 e. The Labute approximate surface area is 115 Å². The fourth-order valence-electron chi connectivity index (χ4n) is 3.42. The average molecular weight is 288 g/mol. The Morgan fingerprint density at radius 2 is 1.63 bits per heavy atom. The zero-order valence-electron chi connectivity index (χ0n) is 11.4. The summed E-state index contributed by atoms with van der Waals surface area (Å²) in [5.74, 6) is 0. The first-order chi connectivity index (χ1) is 9.18. The van der Waals surface area contributed by atoms with Crippen LogP contribution >= 0.6 is 0 Å². The number of fused-ring (bicyclic) bond motifs is 1. The van der Waals surface area contributed by atoms with Crippen molar-refractivity contribution in [2.45, 2.75) is 25.3 Å². The fourth-order valence-corrected chi connectivity index (χ4v) is 5.11. The first kappa shape index (κ1) is 13.8. The lowest BCUT2D eigenvalue weighted by Gasteiger charge is -2.33. The number of rotatable bonds is 2. The van der Waals surface area contributed by atoms with E-state index in [9.17, 15) is 8.42 Å². The summed E-state index contributed by atoms with van der Waals surface area (Å²) in [5.41, 5.74) is 0. The summed E-state index contributed by atoms with van der Waals surface area (Å²) >= 11 is 0. The first-order valence-corrected chi connectivity index (χ1v) is 8.77. The Balaban J connectivity index is 1.72. The molecule has 3 heterocycles. The number of nitrogens with zero attached hydrogens (tertiary/aromatic N) is 3. The summed E-state index contributed by atoms with van der Waals surface area (Å²) in [6.45, 7) is 6.31. The molecule has 0 aliphatic carbocycles. The summed E-state index contributed by atoms with van der Waals surface area (Å²) in [6.07, 6.45) is 3.32. The van der Waals surface area contributed by atoms with Gasteiger partial charge in [0.05, 0.1) is 0 Å². The molecule has 3 aliphatic rings. The molecule has 3 fully saturated rings. The third-order valence-corrected chi connectivity index (χ3v) is 6.50. The van der Waals surface area contributed by atoms with Crippen LogP contribution < -0.4 is 5.32 Å². The lowest BCUT2D eigenvalue weighted by molar-refractivity contribution is 0.250. The van der Waals surface area contributed by atoms with Crippen LogP contribution in [0.25, 0.3) is 0 Å². The van der Waals surface area contributed by atoms with E-state index in [2.05, 4.69) is 10.2 Å². The molecule has 1 atom stereocenters. The molecule has 0 aromatic heterocycles. The highest BCUT2D eigenvalue weighted by Gasteiger charge is 2.36. The van der Waals surface area contributed by atoms with Gasteiger partial charge in [-0.05, 0) is 32.4 Å². The van der Waals surface area contributed by atoms with Gasteiger partial charge in [-0.3, -0.25) is 4.90 Å². The molecule has 110 valence electrons. The first-order valence-electron chi connectivity index (χ1n) is 7.38. The van der Waals surface area contributed by atoms with Crippen LogP contribution in [0.5, 0.6) is 0 Å². The molecule has 1 N–H and O–H groups in total. The van der Waals surface area contributed by atoms with Gasteiger partial charge in [0, 0.05) is 45.3 Å². The molecular weight excluding hydrogens is 264 g/mol. The van der Waals surface area contributed by atoms with Crippen molar-refractivity contribution >= 4 is 10.2 Å². The van der Waals surface area contributed by atoms with Crippen LogP contribution in [-0.2, 0) is 10.2 Å². The van der Waals surface area contributed by atoms with Crippen molar-refractivity contribution in [3.63, 3.8) is 0 Å². The van der Waals surface area contributed by atoms with E-state index >= 15 is 0 Å². The third kappa shape index (κ3) is 2.80. The quantitative estimate of drug-likeness (QED) is 0.730. The van der Waals surface area contributed by atoms with E-state index in [0.29, 0.717) is 32.2 Å². The molecule has 6 nitrogen and oxygen atoms in total. The summed E-state index contributed by atoms with van der Waals surface area (Å²) in [4.78, 5) is 2.47. The topological polar surface area (TPSA) is 55.9 Å². The van der Waals surface area contributed by atoms with Gasteiger partial charge < -0.3 is 5.32 Å². The van der Waals surface area contributed by atoms with Crippen LogP contribution in [-0.4, -0.2) is 80.3 Å². The Morgan fingerprint density at radius 1 is 0.895 bits per heavy atom. The smallest absolute Gasteiger partial charge is 0.282 e. The zero-order valence-corrected chi connectivity index (χ0v) is 12.2. The van der Waals surface area contributed by atoms with Crippen LogP contribution in [0.1, 0.15) is 19.3 Å². The molecule has 19 heavy (non-hydrogen) atoms. The predicted molar refractivity (Wildman–Crippen MR) is 74.1 cm³/mol. The van der Waals surface area contributed by atoms with Crippen LogP contribution in [0.15, 0.2) is 0 Å². The van der Waals surface area contributed by atoms with Crippen molar-refractivity contribution in [3.8, 4) is 0 Å². The number of piperazine rings is 1. The molecule has 0 radical (unpaired) electrons. The summed E-state index contributed by atoms with van der Waals surface area (Å²) in [5, 5.41) is 3.21. The summed E-state index contributed by atoms with van der Waals surface area (Å²) < 4.78 is 28.8. The van der Waals surface area contributed by atoms with Gasteiger partial charge in [0.25, 0.3) is 10.2 Å². The third-order valence-electron chi connectivity index (χ3n) is 4.49. The SMILES string of the molecule is O=S(=O)(N1CCNCC1)N1CCCN2CCCC2C1. The van der Waals surface area contributed by atoms with Crippen LogP contribution in [0.4, 0.5) is 0 Å². The van der Waals surface area contributed by atoms with Gasteiger partial charge in [-0.1, -0.05) is 0 Å². The maximum absolute atomic E-state index is 12.7. The number of hydrogen-bond donors (Lipinski definition) is 1. The molecule has 0 aromatic carbocycles. The van der Waals surface area contributed by atoms with E-state index in [1.165, 1.54) is 6.42 Å². The van der Waals surface area contributed by atoms with E-state index in [1.807, 2.05) is 0 Å². The summed E-state index contributed by atoms with van der Waals surface area (Å²) in [7, 11) is -3.25. The zero-order chi connectivity index (χ0) is 13.3. The molecule has 7 heteroatoms. The molecule has 1 unspecified atom stereocenters. The minimum atomic E-state index is -3.25. The maximum atomic E-state index is 12.7.